The predicted molar refractivity (Wildman–Crippen MR) is 203 cm³/mol. The van der Waals surface area contributed by atoms with E-state index in [1.165, 1.54) is 13.8 Å². The zero-order chi connectivity index (χ0) is 38.0. The Morgan fingerprint density at radius 2 is 1.20 bits per heavy atom. The number of nitrogens with zero attached hydrogens (tertiary/aromatic N) is 3. The lowest BCUT2D eigenvalue weighted by Crippen LogP contribution is -2.27. The van der Waals surface area contributed by atoms with Gasteiger partial charge in [0.15, 0.2) is 16.8 Å². The highest BCUT2D eigenvalue weighted by Crippen LogP contribution is 2.01. The molecular formula is C35H41N6O6S3+. The van der Waals surface area contributed by atoms with Crippen molar-refractivity contribution in [2.45, 2.75) is 40.4 Å². The molecular weight excluding hydrogens is 697 g/mol. The van der Waals surface area contributed by atoms with Crippen LogP contribution in [0.4, 0.5) is 0 Å². The number of benzene rings is 3. The van der Waals surface area contributed by atoms with E-state index < -0.39 is 5.91 Å². The normalized spacial score (nSPS) is 8.62. The van der Waals surface area contributed by atoms with Crippen molar-refractivity contribution in [3.63, 3.8) is 0 Å². The summed E-state index contributed by atoms with van der Waals surface area (Å²) in [4.78, 5) is 55.6. The number of hydrogen-bond acceptors (Lipinski definition) is 9. The van der Waals surface area contributed by atoms with Crippen molar-refractivity contribution >= 4 is 75.8 Å². The molecule has 50 heavy (non-hydrogen) atoms. The number of thiol groups is 1. The number of carbonyl (C=O) groups excluding carboxylic acids is 5. The highest BCUT2D eigenvalue weighted by Gasteiger charge is 2.07. The second kappa shape index (κ2) is 32.3. The predicted octanol–water partition coefficient (Wildman–Crippen LogP) is 4.66. The highest BCUT2D eigenvalue weighted by molar-refractivity contribution is 8.14. The lowest BCUT2D eigenvalue weighted by molar-refractivity contribution is -0.123. The zero-order valence-corrected chi connectivity index (χ0v) is 30.6. The van der Waals surface area contributed by atoms with Crippen LogP contribution in [0.1, 0.15) is 37.5 Å². The fourth-order valence-electron chi connectivity index (χ4n) is 2.89. The first kappa shape index (κ1) is 46.9. The van der Waals surface area contributed by atoms with E-state index in [9.17, 15) is 24.0 Å². The average Bonchev–Trinajstić information content (AvgIpc) is 3.09. The molecule has 3 aromatic rings. The molecule has 15 heteroatoms. The molecule has 0 unspecified atom stereocenters. The molecule has 3 rings (SSSR count). The lowest BCUT2D eigenvalue weighted by atomic mass is 10.2. The quantitative estimate of drug-likeness (QED) is 0.0542. The summed E-state index contributed by atoms with van der Waals surface area (Å²) >= 11 is 8.93. The number of rotatable bonds is 11. The topological polar surface area (TPSA) is 191 Å². The molecule has 0 saturated carbocycles. The van der Waals surface area contributed by atoms with E-state index in [1.54, 1.807) is 13.0 Å². The first-order valence-corrected chi connectivity index (χ1v) is 16.4. The van der Waals surface area contributed by atoms with Crippen LogP contribution >= 0.6 is 36.6 Å². The van der Waals surface area contributed by atoms with Gasteiger partial charge >= 0.3 is 17.2 Å². The third-order valence-corrected chi connectivity index (χ3v) is 5.77. The van der Waals surface area contributed by atoms with E-state index >= 15 is 0 Å². The largest absolute Gasteiger partial charge is 0.478 e. The molecule has 0 bridgehead atoms. The van der Waals surface area contributed by atoms with Crippen LogP contribution in [-0.4, -0.2) is 56.4 Å². The van der Waals surface area contributed by atoms with Crippen molar-refractivity contribution in [3.05, 3.63) is 120 Å². The monoisotopic (exact) mass is 737 g/mol. The molecule has 12 nitrogen and oxygen atoms in total. The first-order chi connectivity index (χ1) is 23.8. The summed E-state index contributed by atoms with van der Waals surface area (Å²) in [5.41, 5.74) is 11.1. The molecule has 3 aromatic carbocycles. The molecule has 3 amide bonds. The summed E-state index contributed by atoms with van der Waals surface area (Å²) in [6, 6.07) is 30.5. The van der Waals surface area contributed by atoms with Crippen LogP contribution in [0, 0.1) is 18.3 Å². The van der Waals surface area contributed by atoms with Crippen molar-refractivity contribution in [1.29, 1.82) is 5.26 Å². The molecule has 0 radical (unpaired) electrons. The van der Waals surface area contributed by atoms with E-state index in [-0.39, 0.29) is 34.4 Å². The van der Waals surface area contributed by atoms with Crippen molar-refractivity contribution in [2.24, 2.45) is 0 Å². The van der Waals surface area contributed by atoms with E-state index in [1.807, 2.05) is 91.0 Å². The molecule has 0 aliphatic rings. The summed E-state index contributed by atoms with van der Waals surface area (Å²) in [7, 11) is 0. The fourth-order valence-corrected chi connectivity index (χ4v) is 3.34. The molecule has 0 aliphatic heterocycles. The number of thiocarbonyl (C=S) groups is 1. The number of carbonyl (C=O) groups is 5. The van der Waals surface area contributed by atoms with Gasteiger partial charge in [-0.3, -0.25) is 19.2 Å². The van der Waals surface area contributed by atoms with Gasteiger partial charge in [-0.25, -0.2) is 4.79 Å². The molecule has 0 heterocycles. The van der Waals surface area contributed by atoms with Gasteiger partial charge in [-0.05, 0) is 40.7 Å². The van der Waals surface area contributed by atoms with Crippen molar-refractivity contribution in [3.8, 4) is 6.07 Å². The fraction of sp³-hybridized carbons (Fsp3) is 0.229. The molecule has 0 atom stereocenters. The number of nitriles is 1. The summed E-state index contributed by atoms with van der Waals surface area (Å²) in [5.74, 6) is -0.593. The standard InChI is InChI=1S/C11H13NO2S.C11H11NO2S.C9H9N3O.C2H3N.C2H4OS/c1-9(15)14-8-11(13)12-7-10-5-3-2-4-6-10;1-9(13)15-8-11(14)12-7-10-5-3-2-4-6-10;10-12-7-9(13)11-6-8-4-2-1-3-5-8;1-2-3;1-2(3)4/h2-6H,7-8H2,1H3,(H,12,13);2-6H,1,7-8H2;1-5,7H,6H2,(H,11,13);1H3;1H3,(H,3,4)/p+1. The minimum atomic E-state index is -0.411. The van der Waals surface area contributed by atoms with Crippen LogP contribution < -0.4 is 16.0 Å². The molecule has 0 spiro atoms. The van der Waals surface area contributed by atoms with Crippen LogP contribution in [0.15, 0.2) is 91.0 Å². The van der Waals surface area contributed by atoms with Gasteiger partial charge in [0.2, 0.25) is 5.91 Å². The van der Waals surface area contributed by atoms with Crippen LogP contribution in [0.5, 0.6) is 0 Å². The van der Waals surface area contributed by atoms with Gasteiger partial charge in [0.25, 0.3) is 5.91 Å². The Labute approximate surface area is 308 Å². The number of thioether (sulfide) groups is 1. The number of ether oxygens (including phenoxy) is 1. The van der Waals surface area contributed by atoms with Crippen molar-refractivity contribution in [2.75, 3.05) is 12.4 Å². The average molecular weight is 738 g/mol. The summed E-state index contributed by atoms with van der Waals surface area (Å²) in [6.07, 6.45) is 0.822. The Morgan fingerprint density at radius 1 is 0.840 bits per heavy atom. The van der Waals surface area contributed by atoms with E-state index in [2.05, 4.69) is 52.5 Å². The van der Waals surface area contributed by atoms with Crippen LogP contribution in [-0.2, 0) is 48.3 Å². The van der Waals surface area contributed by atoms with E-state index in [4.69, 9.17) is 15.5 Å². The van der Waals surface area contributed by atoms with Gasteiger partial charge in [-0.15, -0.1) is 12.6 Å². The maximum absolute atomic E-state index is 11.2. The number of nitrogens with one attached hydrogen (secondary N) is 3. The van der Waals surface area contributed by atoms with Crippen LogP contribution in [0.2, 0.25) is 0 Å². The van der Waals surface area contributed by atoms with Gasteiger partial charge in [0.05, 0.1) is 11.8 Å². The summed E-state index contributed by atoms with van der Waals surface area (Å²) in [5, 5.41) is 15.3. The Balaban J connectivity index is 0. The number of hydrogen-bond donors (Lipinski definition) is 4. The Morgan fingerprint density at radius 3 is 1.54 bits per heavy atom. The smallest absolute Gasteiger partial charge is 0.361 e. The third-order valence-electron chi connectivity index (χ3n) is 4.92. The van der Waals surface area contributed by atoms with Gasteiger partial charge < -0.3 is 26.2 Å². The Kier molecular flexibility index (Phi) is 30.3. The van der Waals surface area contributed by atoms with Gasteiger partial charge in [0.1, 0.15) is 6.92 Å². The van der Waals surface area contributed by atoms with Gasteiger partial charge in [-0.2, -0.15) is 10.1 Å². The van der Waals surface area contributed by atoms with Gasteiger partial charge in [-0.1, -0.05) is 91.0 Å². The molecule has 3 N–H and O–H groups in total. The highest BCUT2D eigenvalue weighted by atomic mass is 32.2. The first-order valence-electron chi connectivity index (χ1n) is 14.6. The third kappa shape index (κ3) is 34.1. The second-order valence-corrected chi connectivity index (χ2v) is 11.4. The lowest BCUT2D eigenvalue weighted by Gasteiger charge is -2.05. The summed E-state index contributed by atoms with van der Waals surface area (Å²) < 4.78 is 4.91. The zero-order valence-electron chi connectivity index (χ0n) is 28.0. The minimum Gasteiger partial charge on any atom is -0.478 e. The van der Waals surface area contributed by atoms with Crippen molar-refractivity contribution in [1.82, 2.24) is 16.0 Å². The maximum atomic E-state index is 11.2. The van der Waals surface area contributed by atoms with E-state index in [0.717, 1.165) is 34.7 Å². The SMILES string of the molecule is CC#N.CC(=O)S.CC(=S)OCC(=O)NCc1ccccc1.[CH2+]C(=O)SCC(=O)NCc1ccccc1.[N-]=[N+]=CC(=O)NCc1ccccc1. The molecule has 0 aliphatic carbocycles. The molecule has 0 aromatic heterocycles. The van der Waals surface area contributed by atoms with Crippen LogP contribution in [0.3, 0.4) is 0 Å². The Bertz CT molecular complexity index is 1460. The second-order valence-electron chi connectivity index (χ2n) is 9.16. The van der Waals surface area contributed by atoms with E-state index in [0.29, 0.717) is 24.7 Å². The Hall–Kier alpha value is -5.26. The molecule has 0 fully saturated rings. The molecule has 264 valence electrons. The maximum Gasteiger partial charge on any atom is 0.361 e. The summed E-state index contributed by atoms with van der Waals surface area (Å²) in [6.45, 7) is 9.06. The van der Waals surface area contributed by atoms with Crippen molar-refractivity contribution < 1.29 is 33.5 Å². The number of amides is 3. The van der Waals surface area contributed by atoms with Gasteiger partial charge in [0, 0.05) is 40.4 Å². The van der Waals surface area contributed by atoms with Crippen LogP contribution in [0.25, 0.3) is 5.53 Å². The molecule has 0 saturated heterocycles. The minimum absolute atomic E-state index is 0.0117.